The lowest BCUT2D eigenvalue weighted by atomic mass is 9.57. The fraction of sp³-hybridized carbons (Fsp3) is 0.533. The fourth-order valence-electron chi connectivity index (χ4n) is 6.54. The van der Waals surface area contributed by atoms with Crippen LogP contribution in [0.1, 0.15) is 56.6 Å². The van der Waals surface area contributed by atoms with Crippen LogP contribution >= 0.6 is 23.2 Å². The number of rotatable bonds is 7. The van der Waals surface area contributed by atoms with Gasteiger partial charge in [-0.2, -0.15) is 0 Å². The van der Waals surface area contributed by atoms with Gasteiger partial charge in [-0.1, -0.05) is 41.4 Å². The quantitative estimate of drug-likeness (QED) is 0.311. The number of hydrogen-bond donors (Lipinski definition) is 0. The van der Waals surface area contributed by atoms with E-state index in [1.807, 2.05) is 30.1 Å². The first-order valence-corrected chi connectivity index (χ1v) is 14.2. The molecule has 3 aliphatic rings. The highest BCUT2D eigenvalue weighted by atomic mass is 35.5. The number of amides is 1. The normalized spacial score (nSPS) is 25.8. The maximum atomic E-state index is 13.3. The molecule has 198 valence electrons. The summed E-state index contributed by atoms with van der Waals surface area (Å²) in [7, 11) is 1.94. The molecule has 5 rings (SSSR count). The van der Waals surface area contributed by atoms with E-state index in [0.29, 0.717) is 28.1 Å². The summed E-state index contributed by atoms with van der Waals surface area (Å²) < 4.78 is 5.47. The van der Waals surface area contributed by atoms with Crippen LogP contribution in [0.2, 0.25) is 10.0 Å². The molecule has 3 fully saturated rings. The number of nitrogens with zero attached hydrogens (tertiary/aromatic N) is 2. The molecule has 2 saturated carbocycles. The summed E-state index contributed by atoms with van der Waals surface area (Å²) in [4.78, 5) is 29.6. The molecular formula is C30H36Cl2N2O3. The van der Waals surface area contributed by atoms with Crippen molar-refractivity contribution in [2.24, 2.45) is 11.8 Å². The third-order valence-corrected chi connectivity index (χ3v) is 9.49. The minimum atomic E-state index is -0.306. The summed E-state index contributed by atoms with van der Waals surface area (Å²) in [6.07, 6.45) is 7.08. The van der Waals surface area contributed by atoms with Crippen molar-refractivity contribution < 1.29 is 14.3 Å². The van der Waals surface area contributed by atoms with Crippen LogP contribution in [0.4, 0.5) is 0 Å². The Labute approximate surface area is 230 Å². The number of halogens is 2. The second kappa shape index (κ2) is 11.0. The number of piperidine rings is 1. The molecule has 37 heavy (non-hydrogen) atoms. The number of likely N-dealkylation sites (N-methyl/N-ethyl adjacent to an activating group) is 1. The summed E-state index contributed by atoms with van der Waals surface area (Å²) in [5.41, 5.74) is 2.06. The van der Waals surface area contributed by atoms with E-state index in [4.69, 9.17) is 27.9 Å². The molecule has 2 aromatic carbocycles. The predicted octanol–water partition coefficient (Wildman–Crippen LogP) is 6.14. The van der Waals surface area contributed by atoms with Gasteiger partial charge in [0.15, 0.2) is 0 Å². The van der Waals surface area contributed by atoms with E-state index in [2.05, 4.69) is 17.0 Å². The fourth-order valence-corrected chi connectivity index (χ4v) is 6.86. The maximum Gasteiger partial charge on any atom is 0.308 e. The van der Waals surface area contributed by atoms with Crippen LogP contribution in [0, 0.1) is 11.8 Å². The molecule has 2 aliphatic carbocycles. The number of benzene rings is 2. The van der Waals surface area contributed by atoms with Crippen molar-refractivity contribution in [2.45, 2.75) is 63.3 Å². The van der Waals surface area contributed by atoms with Gasteiger partial charge in [-0.15, -0.1) is 0 Å². The molecule has 0 bridgehead atoms. The highest BCUT2D eigenvalue weighted by Crippen LogP contribution is 2.51. The SMILES string of the molecule is CC(=O)Oc1cccc([C@@]23CCN(CC4CC4)C[C@H]2CC[C@H](N(C)C(=O)Cc2ccc(Cl)c(Cl)c2)C3)c1. The largest absolute Gasteiger partial charge is 0.427 e. The zero-order chi connectivity index (χ0) is 26.2. The van der Waals surface area contributed by atoms with E-state index >= 15 is 0 Å². The monoisotopic (exact) mass is 542 g/mol. The summed E-state index contributed by atoms with van der Waals surface area (Å²) in [6.45, 7) is 4.82. The van der Waals surface area contributed by atoms with Gasteiger partial charge in [-0.05, 0) is 92.3 Å². The van der Waals surface area contributed by atoms with Crippen LogP contribution in [0.5, 0.6) is 5.75 Å². The lowest BCUT2D eigenvalue weighted by molar-refractivity contribution is -0.133. The Kier molecular flexibility index (Phi) is 7.86. The third-order valence-electron chi connectivity index (χ3n) is 8.75. The molecule has 2 aromatic rings. The molecule has 0 spiro atoms. The summed E-state index contributed by atoms with van der Waals surface area (Å²) >= 11 is 12.2. The highest BCUT2D eigenvalue weighted by molar-refractivity contribution is 6.42. The number of hydrogen-bond acceptors (Lipinski definition) is 4. The minimum absolute atomic E-state index is 0.0444. The molecule has 0 aromatic heterocycles. The molecule has 1 aliphatic heterocycles. The first-order valence-electron chi connectivity index (χ1n) is 13.4. The number of fused-ring (bicyclic) bond motifs is 1. The van der Waals surface area contributed by atoms with Crippen molar-refractivity contribution in [1.29, 1.82) is 0 Å². The zero-order valence-corrected chi connectivity index (χ0v) is 23.2. The average Bonchev–Trinajstić information content (AvgIpc) is 3.69. The van der Waals surface area contributed by atoms with E-state index in [9.17, 15) is 9.59 Å². The van der Waals surface area contributed by atoms with Crippen molar-refractivity contribution in [3.05, 3.63) is 63.6 Å². The number of esters is 1. The van der Waals surface area contributed by atoms with Gasteiger partial charge in [-0.25, -0.2) is 0 Å². The van der Waals surface area contributed by atoms with Crippen molar-refractivity contribution in [3.63, 3.8) is 0 Å². The van der Waals surface area contributed by atoms with Gasteiger partial charge in [0.25, 0.3) is 0 Å². The van der Waals surface area contributed by atoms with E-state index in [-0.39, 0.29) is 23.3 Å². The Morgan fingerprint density at radius 3 is 2.62 bits per heavy atom. The van der Waals surface area contributed by atoms with Gasteiger partial charge in [0, 0.05) is 38.5 Å². The average molecular weight is 544 g/mol. The van der Waals surface area contributed by atoms with Gasteiger partial charge in [0.2, 0.25) is 5.91 Å². The molecule has 0 radical (unpaired) electrons. The summed E-state index contributed by atoms with van der Waals surface area (Å²) in [6, 6.07) is 13.7. The second-order valence-corrected chi connectivity index (χ2v) is 12.1. The van der Waals surface area contributed by atoms with E-state index in [1.54, 1.807) is 12.1 Å². The van der Waals surface area contributed by atoms with E-state index in [1.165, 1.54) is 31.9 Å². The Hall–Kier alpha value is -2.08. The Morgan fingerprint density at radius 1 is 1.08 bits per heavy atom. The number of likely N-dealkylation sites (tertiary alicyclic amines) is 1. The first kappa shape index (κ1) is 26.5. The minimum Gasteiger partial charge on any atom is -0.427 e. The van der Waals surface area contributed by atoms with Crippen molar-refractivity contribution in [1.82, 2.24) is 9.80 Å². The molecule has 3 atom stereocenters. The van der Waals surface area contributed by atoms with Crippen LogP contribution in [0.25, 0.3) is 0 Å². The summed E-state index contributed by atoms with van der Waals surface area (Å²) in [5.74, 6) is 1.78. The first-order chi connectivity index (χ1) is 17.7. The molecule has 1 saturated heterocycles. The van der Waals surface area contributed by atoms with Gasteiger partial charge >= 0.3 is 5.97 Å². The van der Waals surface area contributed by atoms with Gasteiger partial charge in [0.05, 0.1) is 16.5 Å². The molecule has 1 heterocycles. The third kappa shape index (κ3) is 6.00. The lowest BCUT2D eigenvalue weighted by Gasteiger charge is -2.54. The highest BCUT2D eigenvalue weighted by Gasteiger charge is 2.49. The Bertz CT molecular complexity index is 1170. The molecule has 0 unspecified atom stereocenters. The van der Waals surface area contributed by atoms with Gasteiger partial charge < -0.3 is 14.5 Å². The van der Waals surface area contributed by atoms with Crippen molar-refractivity contribution in [2.75, 3.05) is 26.7 Å². The van der Waals surface area contributed by atoms with Gasteiger partial charge in [0.1, 0.15) is 5.75 Å². The predicted molar refractivity (Wildman–Crippen MR) is 147 cm³/mol. The number of ether oxygens (including phenoxy) is 1. The van der Waals surface area contributed by atoms with Crippen molar-refractivity contribution >= 4 is 35.1 Å². The Morgan fingerprint density at radius 2 is 1.89 bits per heavy atom. The standard InChI is InChI=1S/C30H36Cl2N2O3/c1-20(35)37-26-5-3-4-23(16-26)30-12-13-34(18-21-6-7-21)19-24(30)9-10-25(17-30)33(2)29(36)15-22-8-11-27(31)28(32)14-22/h3-5,8,11,14,16,21,24-25H,6-7,9-10,12-13,15,17-19H2,1-2H3/t24-,25+,30+/m1/s1. The van der Waals surface area contributed by atoms with Crippen LogP contribution in [-0.4, -0.2) is 54.4 Å². The summed E-state index contributed by atoms with van der Waals surface area (Å²) in [5, 5.41) is 0.968. The lowest BCUT2D eigenvalue weighted by Crippen LogP contribution is -2.56. The number of carbonyl (C=O) groups is 2. The van der Waals surface area contributed by atoms with Crippen LogP contribution in [0.3, 0.4) is 0 Å². The smallest absolute Gasteiger partial charge is 0.308 e. The Balaban J connectivity index is 1.37. The number of carbonyl (C=O) groups excluding carboxylic acids is 2. The maximum absolute atomic E-state index is 13.3. The van der Waals surface area contributed by atoms with Gasteiger partial charge in [-0.3, -0.25) is 9.59 Å². The topological polar surface area (TPSA) is 49.9 Å². The van der Waals surface area contributed by atoms with Crippen LogP contribution < -0.4 is 4.74 Å². The van der Waals surface area contributed by atoms with E-state index < -0.39 is 0 Å². The molecule has 1 amide bonds. The van der Waals surface area contributed by atoms with Crippen LogP contribution in [0.15, 0.2) is 42.5 Å². The van der Waals surface area contributed by atoms with Crippen molar-refractivity contribution in [3.8, 4) is 5.75 Å². The van der Waals surface area contributed by atoms with E-state index in [0.717, 1.165) is 50.3 Å². The molecule has 7 heteroatoms. The second-order valence-electron chi connectivity index (χ2n) is 11.3. The zero-order valence-electron chi connectivity index (χ0n) is 21.7. The molecule has 5 nitrogen and oxygen atoms in total. The molecule has 0 N–H and O–H groups in total. The molecular weight excluding hydrogens is 507 g/mol. The van der Waals surface area contributed by atoms with Crippen LogP contribution in [-0.2, 0) is 21.4 Å².